The molecule has 1 aromatic heterocycles. The van der Waals surface area contributed by atoms with Gasteiger partial charge < -0.3 is 10.2 Å². The Morgan fingerprint density at radius 1 is 1.41 bits per heavy atom. The molecule has 0 radical (unpaired) electrons. The summed E-state index contributed by atoms with van der Waals surface area (Å²) in [6.45, 7) is 7.84. The van der Waals surface area contributed by atoms with Crippen LogP contribution in [0.2, 0.25) is 0 Å². The lowest BCUT2D eigenvalue weighted by molar-refractivity contribution is 0.692. The topological polar surface area (TPSA) is 28.2 Å². The van der Waals surface area contributed by atoms with E-state index in [0.29, 0.717) is 5.92 Å². The maximum atomic E-state index is 4.89. The van der Waals surface area contributed by atoms with Crippen LogP contribution in [0.1, 0.15) is 49.6 Å². The summed E-state index contributed by atoms with van der Waals surface area (Å²) in [5, 5.41) is 4.50. The highest BCUT2D eigenvalue weighted by atomic mass is 32.1. The second kappa shape index (κ2) is 5.83. The van der Waals surface area contributed by atoms with Crippen molar-refractivity contribution in [2.75, 3.05) is 25.0 Å². The van der Waals surface area contributed by atoms with Crippen LogP contribution in [-0.2, 0) is 6.54 Å². The van der Waals surface area contributed by atoms with Crippen LogP contribution in [0.3, 0.4) is 0 Å². The highest BCUT2D eigenvalue weighted by molar-refractivity contribution is 7.15. The van der Waals surface area contributed by atoms with E-state index in [0.717, 1.165) is 6.54 Å². The first-order valence-corrected chi connectivity index (χ1v) is 7.47. The first-order valence-electron chi connectivity index (χ1n) is 6.65. The van der Waals surface area contributed by atoms with Crippen molar-refractivity contribution in [1.82, 2.24) is 10.3 Å². The van der Waals surface area contributed by atoms with Gasteiger partial charge in [0.15, 0.2) is 5.13 Å². The fraction of sp³-hybridized carbons (Fsp3) is 0.769. The van der Waals surface area contributed by atoms with Crippen molar-refractivity contribution in [2.24, 2.45) is 0 Å². The molecule has 4 heteroatoms. The number of nitrogens with one attached hydrogen (secondary N) is 1. The van der Waals surface area contributed by atoms with E-state index in [1.807, 2.05) is 18.4 Å². The van der Waals surface area contributed by atoms with Crippen molar-refractivity contribution >= 4 is 16.5 Å². The molecular weight excluding hydrogens is 230 g/mol. The molecule has 17 heavy (non-hydrogen) atoms. The summed E-state index contributed by atoms with van der Waals surface area (Å²) in [5.41, 5.74) is 1.31. The summed E-state index contributed by atoms with van der Waals surface area (Å²) in [6.07, 6.45) is 3.80. The summed E-state index contributed by atoms with van der Waals surface area (Å²) in [6, 6.07) is 0. The van der Waals surface area contributed by atoms with Crippen LogP contribution in [0, 0.1) is 0 Å². The fourth-order valence-electron chi connectivity index (χ4n) is 2.26. The highest BCUT2D eigenvalue weighted by Crippen LogP contribution is 2.33. The molecule has 1 aliphatic heterocycles. The lowest BCUT2D eigenvalue weighted by atomic mass is 10.0. The van der Waals surface area contributed by atoms with E-state index in [9.17, 15) is 0 Å². The van der Waals surface area contributed by atoms with Crippen LogP contribution < -0.4 is 10.2 Å². The minimum Gasteiger partial charge on any atom is -0.348 e. The Hall–Kier alpha value is -0.610. The third-order valence-electron chi connectivity index (χ3n) is 3.51. The van der Waals surface area contributed by atoms with E-state index in [-0.39, 0.29) is 0 Å². The van der Waals surface area contributed by atoms with Crippen LogP contribution in [0.5, 0.6) is 0 Å². The van der Waals surface area contributed by atoms with Crippen LogP contribution in [-0.4, -0.2) is 25.1 Å². The van der Waals surface area contributed by atoms with Crippen molar-refractivity contribution in [3.8, 4) is 0 Å². The third-order valence-corrected chi connectivity index (χ3v) is 4.64. The zero-order valence-electron chi connectivity index (χ0n) is 11.1. The third kappa shape index (κ3) is 2.80. The average Bonchev–Trinajstić information content (AvgIpc) is 2.96. The lowest BCUT2D eigenvalue weighted by Gasteiger charge is -2.12. The molecule has 1 atom stereocenters. The first-order chi connectivity index (χ1) is 8.26. The predicted octanol–water partition coefficient (Wildman–Crippen LogP) is 2.98. The molecule has 0 aromatic carbocycles. The minimum absolute atomic E-state index is 0.575. The normalized spacial score (nSPS) is 17.7. The summed E-state index contributed by atoms with van der Waals surface area (Å²) in [4.78, 5) is 8.75. The summed E-state index contributed by atoms with van der Waals surface area (Å²) < 4.78 is 0. The maximum absolute atomic E-state index is 4.89. The van der Waals surface area contributed by atoms with Crippen LogP contribution in [0.25, 0.3) is 0 Å². The number of hydrogen-bond acceptors (Lipinski definition) is 4. The molecule has 2 rings (SSSR count). The maximum Gasteiger partial charge on any atom is 0.185 e. The van der Waals surface area contributed by atoms with Gasteiger partial charge in [-0.1, -0.05) is 13.8 Å². The summed E-state index contributed by atoms with van der Waals surface area (Å²) in [5.74, 6) is 0.575. The molecule has 1 N–H and O–H groups in total. The van der Waals surface area contributed by atoms with Gasteiger partial charge in [-0.3, -0.25) is 0 Å². The van der Waals surface area contributed by atoms with Gasteiger partial charge in [-0.05, 0) is 32.2 Å². The van der Waals surface area contributed by atoms with Gasteiger partial charge >= 0.3 is 0 Å². The molecule has 0 aliphatic carbocycles. The Morgan fingerprint density at radius 3 is 2.71 bits per heavy atom. The van der Waals surface area contributed by atoms with Crippen LogP contribution >= 0.6 is 11.3 Å². The van der Waals surface area contributed by atoms with Gasteiger partial charge in [-0.2, -0.15) is 0 Å². The molecule has 0 amide bonds. The monoisotopic (exact) mass is 253 g/mol. The van der Waals surface area contributed by atoms with Gasteiger partial charge in [-0.25, -0.2) is 4.98 Å². The SMILES string of the molecule is CCC(C)c1nc(N2CCCC2)sc1CNC. The Morgan fingerprint density at radius 2 is 2.12 bits per heavy atom. The Labute approximate surface area is 108 Å². The number of nitrogens with zero attached hydrogens (tertiary/aromatic N) is 2. The summed E-state index contributed by atoms with van der Waals surface area (Å²) in [7, 11) is 2.01. The minimum atomic E-state index is 0.575. The smallest absolute Gasteiger partial charge is 0.185 e. The van der Waals surface area contributed by atoms with Crippen molar-refractivity contribution < 1.29 is 0 Å². The molecule has 1 fully saturated rings. The van der Waals surface area contributed by atoms with Gasteiger partial charge in [0.2, 0.25) is 0 Å². The van der Waals surface area contributed by atoms with Crippen molar-refractivity contribution in [3.63, 3.8) is 0 Å². The first kappa shape index (κ1) is 12.8. The zero-order valence-corrected chi connectivity index (χ0v) is 11.9. The molecule has 1 aromatic rings. The predicted molar refractivity (Wildman–Crippen MR) is 75.0 cm³/mol. The molecule has 1 aliphatic rings. The van der Waals surface area contributed by atoms with E-state index in [1.54, 1.807) is 0 Å². The van der Waals surface area contributed by atoms with E-state index in [2.05, 4.69) is 24.1 Å². The largest absolute Gasteiger partial charge is 0.348 e. The van der Waals surface area contributed by atoms with Gasteiger partial charge in [-0.15, -0.1) is 11.3 Å². The van der Waals surface area contributed by atoms with E-state index in [4.69, 9.17) is 4.98 Å². The molecular formula is C13H23N3S. The number of aromatic nitrogens is 1. The van der Waals surface area contributed by atoms with Crippen molar-refractivity contribution in [2.45, 2.75) is 45.6 Å². The van der Waals surface area contributed by atoms with Crippen LogP contribution in [0.4, 0.5) is 5.13 Å². The van der Waals surface area contributed by atoms with Crippen molar-refractivity contribution in [3.05, 3.63) is 10.6 Å². The molecule has 2 heterocycles. The molecule has 96 valence electrons. The number of thiazole rings is 1. The molecule has 0 saturated carbocycles. The van der Waals surface area contributed by atoms with E-state index in [1.165, 1.54) is 48.1 Å². The Balaban J connectivity index is 2.22. The summed E-state index contributed by atoms with van der Waals surface area (Å²) >= 11 is 1.88. The molecule has 1 unspecified atom stereocenters. The van der Waals surface area contributed by atoms with E-state index < -0.39 is 0 Å². The van der Waals surface area contributed by atoms with Gasteiger partial charge in [0, 0.05) is 24.5 Å². The zero-order chi connectivity index (χ0) is 12.3. The average molecular weight is 253 g/mol. The van der Waals surface area contributed by atoms with Crippen LogP contribution in [0.15, 0.2) is 0 Å². The Kier molecular flexibility index (Phi) is 4.40. The number of rotatable bonds is 5. The van der Waals surface area contributed by atoms with Gasteiger partial charge in [0.05, 0.1) is 5.69 Å². The quantitative estimate of drug-likeness (QED) is 0.874. The lowest BCUT2D eigenvalue weighted by Crippen LogP contribution is -2.17. The second-order valence-corrected chi connectivity index (χ2v) is 5.90. The van der Waals surface area contributed by atoms with Gasteiger partial charge in [0.1, 0.15) is 0 Å². The highest BCUT2D eigenvalue weighted by Gasteiger charge is 2.20. The fourth-order valence-corrected chi connectivity index (χ4v) is 3.50. The van der Waals surface area contributed by atoms with E-state index >= 15 is 0 Å². The van der Waals surface area contributed by atoms with Gasteiger partial charge in [0.25, 0.3) is 0 Å². The molecule has 0 spiro atoms. The molecule has 0 bridgehead atoms. The second-order valence-electron chi connectivity index (χ2n) is 4.84. The molecule has 1 saturated heterocycles. The molecule has 3 nitrogen and oxygen atoms in total. The number of hydrogen-bond donors (Lipinski definition) is 1. The standard InChI is InChI=1S/C13H23N3S/c1-4-10(2)12-11(9-14-3)17-13(15-12)16-7-5-6-8-16/h10,14H,4-9H2,1-3H3. The number of anilines is 1. The van der Waals surface area contributed by atoms with Crippen molar-refractivity contribution in [1.29, 1.82) is 0 Å². The Bertz CT molecular complexity index is 356.